The second kappa shape index (κ2) is 16.1. The van der Waals surface area contributed by atoms with Gasteiger partial charge in [0.1, 0.15) is 48.1 Å². The Hall–Kier alpha value is -5.48. The molecular formula is C36H37O19+. The van der Waals surface area contributed by atoms with Crippen LogP contribution in [0.15, 0.2) is 69.9 Å². The molecule has 0 spiro atoms. The second-order valence-corrected chi connectivity index (χ2v) is 12.7. The summed E-state index contributed by atoms with van der Waals surface area (Å²) in [5, 5.41) is 114. The van der Waals surface area contributed by atoms with Gasteiger partial charge in [0, 0.05) is 17.7 Å². The summed E-state index contributed by atoms with van der Waals surface area (Å²) in [5.74, 6) is -3.79. The first-order valence-electron chi connectivity index (χ1n) is 16.5. The molecule has 2 aromatic carbocycles. The summed E-state index contributed by atoms with van der Waals surface area (Å²) in [6.45, 7) is -1.48. The van der Waals surface area contributed by atoms with E-state index < -0.39 is 109 Å². The number of aliphatic hydroxyl groups is 6. The van der Waals surface area contributed by atoms with Crippen LogP contribution in [0.2, 0.25) is 0 Å². The highest BCUT2D eigenvalue weighted by Gasteiger charge is 2.52. The highest BCUT2D eigenvalue weighted by atomic mass is 16.8. The number of esters is 1. The summed E-state index contributed by atoms with van der Waals surface area (Å²) < 4.78 is 34.6. The predicted molar refractivity (Wildman–Crippen MR) is 184 cm³/mol. The number of aliphatic hydroxyl groups excluding tert-OH is 6. The fraction of sp³-hybridized carbons (Fsp3) is 0.333. The maximum atomic E-state index is 12.2. The van der Waals surface area contributed by atoms with Crippen LogP contribution in [0.25, 0.3) is 28.7 Å². The van der Waals surface area contributed by atoms with Crippen molar-refractivity contribution in [3.63, 3.8) is 0 Å². The van der Waals surface area contributed by atoms with Crippen LogP contribution in [0.3, 0.4) is 0 Å². The predicted octanol–water partition coefficient (Wildman–Crippen LogP) is -0.817. The lowest BCUT2D eigenvalue weighted by molar-refractivity contribution is -0.357. The molecule has 0 unspecified atom stereocenters. The zero-order chi connectivity index (χ0) is 39.7. The zero-order valence-corrected chi connectivity index (χ0v) is 28.3. The summed E-state index contributed by atoms with van der Waals surface area (Å²) in [6, 6.07) is 10.5. The van der Waals surface area contributed by atoms with Crippen molar-refractivity contribution in [2.75, 3.05) is 13.2 Å². The topological polar surface area (TPSA) is 320 Å². The maximum absolute atomic E-state index is 12.2. The van der Waals surface area contributed by atoms with Gasteiger partial charge in [0.05, 0.1) is 18.2 Å². The van der Waals surface area contributed by atoms with Gasteiger partial charge in [0.2, 0.25) is 12.9 Å². The van der Waals surface area contributed by atoms with E-state index in [1.54, 1.807) is 0 Å². The van der Waals surface area contributed by atoms with Crippen LogP contribution in [-0.2, 0) is 18.9 Å². The molecule has 6 rings (SSSR count). The number of fused-ring (bicyclic) bond motifs is 1. The number of benzene rings is 3. The van der Waals surface area contributed by atoms with Gasteiger partial charge in [-0.3, -0.25) is 4.79 Å². The molecule has 3 heterocycles. The number of hydrogen-bond donors (Lipinski definition) is 11. The molecule has 10 atom stereocenters. The van der Waals surface area contributed by atoms with E-state index in [4.69, 9.17) is 28.1 Å². The molecule has 0 saturated carbocycles. The van der Waals surface area contributed by atoms with Crippen LogP contribution in [0, 0.1) is 0 Å². The lowest BCUT2D eigenvalue weighted by atomic mass is 9.97. The first-order valence-corrected chi connectivity index (χ1v) is 16.5. The average Bonchev–Trinajstić information content (AvgIpc) is 3.15. The van der Waals surface area contributed by atoms with Gasteiger partial charge in [-0.15, -0.1) is 0 Å². The Morgan fingerprint density at radius 2 is 1.40 bits per heavy atom. The molecule has 55 heavy (non-hydrogen) atoms. The van der Waals surface area contributed by atoms with E-state index >= 15 is 0 Å². The second-order valence-electron chi connectivity index (χ2n) is 12.7. The van der Waals surface area contributed by atoms with Gasteiger partial charge in [-0.2, -0.15) is 0 Å². The van der Waals surface area contributed by atoms with Gasteiger partial charge in [-0.25, -0.2) is 0 Å². The maximum Gasteiger partial charge on any atom is 0.510 e. The minimum absolute atomic E-state index is 0.0546. The molecular weight excluding hydrogens is 736 g/mol. The molecule has 0 amide bonds. The summed E-state index contributed by atoms with van der Waals surface area (Å²) in [6.07, 6.45) is -15.7. The van der Waals surface area contributed by atoms with Crippen LogP contribution in [-0.4, -0.2) is 142 Å². The van der Waals surface area contributed by atoms with E-state index in [1.165, 1.54) is 36.4 Å². The van der Waals surface area contributed by atoms with Crippen LogP contribution in [0.5, 0.6) is 34.5 Å². The van der Waals surface area contributed by atoms with Gasteiger partial charge in [-0.05, 0) is 48.0 Å². The van der Waals surface area contributed by atoms with Crippen molar-refractivity contribution >= 4 is 12.0 Å². The van der Waals surface area contributed by atoms with Crippen molar-refractivity contribution in [1.82, 2.24) is 0 Å². The molecule has 2 fully saturated rings. The Morgan fingerprint density at radius 3 is 2.09 bits per heavy atom. The molecule has 3 aliphatic heterocycles. The van der Waals surface area contributed by atoms with Crippen LogP contribution < -0.4 is 10.2 Å². The molecule has 2 saturated heterocycles. The van der Waals surface area contributed by atoms with Gasteiger partial charge in [0.25, 0.3) is 0 Å². The molecule has 0 bridgehead atoms. The zero-order valence-electron chi connectivity index (χ0n) is 28.3. The molecule has 12 N–H and O–H groups in total. The Kier molecular flexibility index (Phi) is 11.5. The normalized spacial score (nSPS) is 28.3. The molecule has 4 aliphatic rings. The van der Waals surface area contributed by atoms with Crippen molar-refractivity contribution in [3.8, 4) is 57.1 Å². The third-order valence-corrected chi connectivity index (χ3v) is 8.88. The largest absolute Gasteiger partial charge is 0.510 e. The molecule has 1 aliphatic carbocycles. The van der Waals surface area contributed by atoms with E-state index in [1.807, 2.05) is 0 Å². The Balaban J connectivity index is 1.34. The van der Waals surface area contributed by atoms with Gasteiger partial charge in [-0.1, -0.05) is 6.07 Å². The average molecular weight is 774 g/mol. The minimum Gasteiger partial charge on any atom is -0.507 e. The fourth-order valence-corrected chi connectivity index (χ4v) is 5.90. The highest BCUT2D eigenvalue weighted by Crippen LogP contribution is 2.43. The van der Waals surface area contributed by atoms with E-state index in [-0.39, 0.29) is 34.1 Å². The quantitative estimate of drug-likeness (QED) is 0.0406. The Morgan fingerprint density at radius 1 is 0.727 bits per heavy atom. The minimum atomic E-state index is -1.99. The Bertz CT molecular complexity index is 2060. The fourth-order valence-electron chi connectivity index (χ4n) is 5.90. The number of aromatic hydroxyl groups is 5. The van der Waals surface area contributed by atoms with E-state index in [0.717, 1.165) is 30.3 Å². The Labute approximate surface area is 309 Å². The number of hydrogen-bond acceptors (Lipinski definition) is 18. The van der Waals surface area contributed by atoms with Gasteiger partial charge >= 0.3 is 5.97 Å². The molecule has 19 nitrogen and oxygen atoms in total. The van der Waals surface area contributed by atoms with Crippen LogP contribution >= 0.6 is 0 Å². The number of phenolic OH excluding ortho intramolecular Hbond substituents is 5. The molecule has 19 heteroatoms. The van der Waals surface area contributed by atoms with Gasteiger partial charge in [0.15, 0.2) is 58.4 Å². The number of phenols is 5. The van der Waals surface area contributed by atoms with Crippen molar-refractivity contribution < 1.29 is 89.1 Å². The molecule has 2 aromatic rings. The molecule has 0 radical (unpaired) electrons. The van der Waals surface area contributed by atoms with Crippen molar-refractivity contribution in [1.29, 1.82) is 0 Å². The first-order chi connectivity index (χ1) is 26.1. The van der Waals surface area contributed by atoms with Crippen LogP contribution in [0.4, 0.5) is 0 Å². The lowest BCUT2D eigenvalue weighted by Gasteiger charge is -2.45. The summed E-state index contributed by atoms with van der Waals surface area (Å²) in [5.41, 5.74) is -0.273. The monoisotopic (exact) mass is 773 g/mol. The van der Waals surface area contributed by atoms with E-state index in [2.05, 4.69) is 0 Å². The SMILES string of the molecule is O=c1cc2oc(-c3ccc(O)c(O)c3)c(O[C@@H]3O[C@H](COC(=[OH+])C=Cc4ccc(O)c(O)c4)[C@@H](O)[C@H](O)[C@H]3O[C@@H]3O[C@H](CO)[C@@H](O)[C@H](O)[C@H]3O)cc-2c(O)c1. The third-order valence-electron chi connectivity index (χ3n) is 8.88. The van der Waals surface area contributed by atoms with Crippen LogP contribution in [0.1, 0.15) is 5.56 Å². The molecule has 294 valence electrons. The highest BCUT2D eigenvalue weighted by molar-refractivity contribution is 5.88. The lowest BCUT2D eigenvalue weighted by Crippen LogP contribution is -2.65. The van der Waals surface area contributed by atoms with Crippen molar-refractivity contribution in [2.24, 2.45) is 0 Å². The first kappa shape index (κ1) is 39.2. The number of rotatable bonds is 10. The van der Waals surface area contributed by atoms with E-state index in [0.29, 0.717) is 5.56 Å². The van der Waals surface area contributed by atoms with E-state index in [9.17, 15) is 65.8 Å². The molecule has 0 aromatic heterocycles. The number of ether oxygens (including phenoxy) is 5. The van der Waals surface area contributed by atoms with Crippen molar-refractivity contribution in [3.05, 3.63) is 76.5 Å². The summed E-state index contributed by atoms with van der Waals surface area (Å²) in [7, 11) is 0. The smallest absolute Gasteiger partial charge is 0.507 e. The third kappa shape index (κ3) is 8.29. The van der Waals surface area contributed by atoms with Gasteiger partial charge < -0.3 is 89.1 Å². The number of carbonyl (C=O) groups excluding carboxylic acids is 1. The van der Waals surface area contributed by atoms with Crippen molar-refractivity contribution in [2.45, 2.75) is 61.4 Å². The summed E-state index contributed by atoms with van der Waals surface area (Å²) >= 11 is 0. The standard InChI is InChI=1S/C36H36O19/c37-12-25-28(45)30(47)32(49)35(53-25)55-34-31(48)29(46)26(13-50-27(44)6-2-14-1-4-18(39)21(42)7-14)54-36(34)52-24-11-17-20(41)9-16(38)10-23(17)51-33(24)15-3-5-19(40)22(43)8-15/h1-11,25-26,28-32,34-37,39-43,45-49H,12-13H2/p+1/t25-,26-,28-,29-,30+,31+,32-,34-,35+,36-/m1/s1. The summed E-state index contributed by atoms with van der Waals surface area (Å²) in [4.78, 5) is 22.6.